The highest BCUT2D eigenvalue weighted by Gasteiger charge is 2.21. The second-order valence-electron chi connectivity index (χ2n) is 8.32. The van der Waals surface area contributed by atoms with Gasteiger partial charge < -0.3 is 25.4 Å². The van der Waals surface area contributed by atoms with Crippen molar-refractivity contribution < 1.29 is 14.3 Å². The van der Waals surface area contributed by atoms with Gasteiger partial charge in [-0.1, -0.05) is 38.1 Å². The van der Waals surface area contributed by atoms with Crippen molar-refractivity contribution >= 4 is 36.0 Å². The summed E-state index contributed by atoms with van der Waals surface area (Å²) in [5, 5.41) is 2.93. The molecule has 0 saturated carbocycles. The minimum atomic E-state index is -0.563. The molecule has 3 N–H and O–H groups in total. The number of carbonyl (C=O) groups is 1. The molecule has 1 fully saturated rings. The van der Waals surface area contributed by atoms with Gasteiger partial charge in [-0.3, -0.25) is 4.99 Å². The monoisotopic (exact) mass is 518 g/mol. The van der Waals surface area contributed by atoms with Gasteiger partial charge in [0.1, 0.15) is 5.60 Å². The van der Waals surface area contributed by atoms with E-state index in [4.69, 9.17) is 15.2 Å². The lowest BCUT2D eigenvalue weighted by Gasteiger charge is -2.28. The van der Waals surface area contributed by atoms with E-state index in [-0.39, 0.29) is 30.0 Å². The van der Waals surface area contributed by atoms with Crippen molar-refractivity contribution in [3.63, 3.8) is 0 Å². The molecule has 164 valence electrons. The number of alkyl carbamates (subject to hydrolysis) is 1. The number of halogens is 1. The van der Waals surface area contributed by atoms with Gasteiger partial charge >= 0.3 is 6.09 Å². The summed E-state index contributed by atoms with van der Waals surface area (Å²) in [5.41, 5.74) is 7.80. The molecular weight excluding hydrogens is 483 g/mol. The quantitative estimate of drug-likeness (QED) is 0.353. The van der Waals surface area contributed by atoms with E-state index >= 15 is 0 Å². The molecule has 7 nitrogen and oxygen atoms in total. The van der Waals surface area contributed by atoms with E-state index in [1.165, 1.54) is 5.56 Å². The van der Waals surface area contributed by atoms with Crippen molar-refractivity contribution in [2.75, 3.05) is 32.8 Å². The van der Waals surface area contributed by atoms with Crippen LogP contribution in [0.4, 0.5) is 4.79 Å². The van der Waals surface area contributed by atoms with Crippen molar-refractivity contribution in [2.45, 2.75) is 52.2 Å². The number of ether oxygens (including phenoxy) is 2. The average Bonchev–Trinajstić information content (AvgIpc) is 2.64. The summed E-state index contributed by atoms with van der Waals surface area (Å²) in [6.07, 6.45) is -0.467. The number of rotatable bonds is 5. The third-order valence-corrected chi connectivity index (χ3v) is 4.47. The van der Waals surface area contributed by atoms with E-state index in [1.807, 2.05) is 37.8 Å². The van der Waals surface area contributed by atoms with E-state index in [0.717, 1.165) is 18.7 Å². The van der Waals surface area contributed by atoms with Gasteiger partial charge in [-0.15, -0.1) is 24.0 Å². The Morgan fingerprint density at radius 3 is 2.28 bits per heavy atom. The van der Waals surface area contributed by atoms with Gasteiger partial charge in [0.2, 0.25) is 0 Å². The molecule has 1 aliphatic rings. The fraction of sp³-hybridized carbons (Fsp3) is 0.619. The SMILES string of the molecule is CC(C)c1ccc(C(CN=C(N)N2CCOCC2)NC(=O)OC(C)(C)C)cc1.I. The molecule has 0 radical (unpaired) electrons. The van der Waals surface area contributed by atoms with Crippen molar-refractivity contribution in [2.24, 2.45) is 10.7 Å². The van der Waals surface area contributed by atoms with Crippen LogP contribution in [0.5, 0.6) is 0 Å². The van der Waals surface area contributed by atoms with Gasteiger partial charge in [0, 0.05) is 13.1 Å². The van der Waals surface area contributed by atoms with Gasteiger partial charge in [0.15, 0.2) is 5.96 Å². The molecule has 0 spiro atoms. The summed E-state index contributed by atoms with van der Waals surface area (Å²) in [4.78, 5) is 18.8. The molecule has 1 atom stereocenters. The summed E-state index contributed by atoms with van der Waals surface area (Å²) in [7, 11) is 0. The summed E-state index contributed by atoms with van der Waals surface area (Å²) < 4.78 is 10.8. The lowest BCUT2D eigenvalue weighted by Crippen LogP contribution is -2.45. The first-order valence-corrected chi connectivity index (χ1v) is 9.87. The minimum Gasteiger partial charge on any atom is -0.444 e. The predicted octanol–water partition coefficient (Wildman–Crippen LogP) is 3.64. The molecule has 1 amide bonds. The zero-order chi connectivity index (χ0) is 20.7. The van der Waals surface area contributed by atoms with E-state index in [9.17, 15) is 4.79 Å². The number of nitrogens with two attached hydrogens (primary N) is 1. The van der Waals surface area contributed by atoms with Gasteiger partial charge in [0.05, 0.1) is 25.8 Å². The maximum absolute atomic E-state index is 12.3. The number of nitrogens with zero attached hydrogens (tertiary/aromatic N) is 2. The van der Waals surface area contributed by atoms with Crippen molar-refractivity contribution in [1.29, 1.82) is 0 Å². The third kappa shape index (κ3) is 8.77. The molecule has 29 heavy (non-hydrogen) atoms. The molecule has 0 aromatic heterocycles. The molecule has 1 unspecified atom stereocenters. The highest BCUT2D eigenvalue weighted by molar-refractivity contribution is 14.0. The number of amides is 1. The number of benzene rings is 1. The number of nitrogens with one attached hydrogen (secondary N) is 1. The highest BCUT2D eigenvalue weighted by Crippen LogP contribution is 2.20. The Labute approximate surface area is 191 Å². The third-order valence-electron chi connectivity index (χ3n) is 4.47. The van der Waals surface area contributed by atoms with Gasteiger partial charge in [-0.05, 0) is 37.8 Å². The summed E-state index contributed by atoms with van der Waals surface area (Å²) in [6, 6.07) is 7.89. The van der Waals surface area contributed by atoms with Crippen LogP contribution in [0.2, 0.25) is 0 Å². The maximum atomic E-state index is 12.3. The minimum absolute atomic E-state index is 0. The van der Waals surface area contributed by atoms with Crippen LogP contribution in [0.1, 0.15) is 57.7 Å². The second-order valence-corrected chi connectivity index (χ2v) is 8.32. The summed E-state index contributed by atoms with van der Waals surface area (Å²) >= 11 is 0. The number of aliphatic imine (C=N–C) groups is 1. The largest absolute Gasteiger partial charge is 0.444 e. The zero-order valence-electron chi connectivity index (χ0n) is 18.1. The number of hydrogen-bond acceptors (Lipinski definition) is 4. The fourth-order valence-electron chi connectivity index (χ4n) is 2.87. The topological polar surface area (TPSA) is 89.2 Å². The molecule has 8 heteroatoms. The van der Waals surface area contributed by atoms with Gasteiger partial charge in [0.25, 0.3) is 0 Å². The summed E-state index contributed by atoms with van der Waals surface area (Å²) in [6.45, 7) is 12.9. The average molecular weight is 518 g/mol. The first kappa shape index (κ1) is 25.5. The first-order valence-electron chi connectivity index (χ1n) is 9.87. The van der Waals surface area contributed by atoms with E-state index in [0.29, 0.717) is 31.6 Å². The van der Waals surface area contributed by atoms with Crippen LogP contribution in [-0.2, 0) is 9.47 Å². The van der Waals surface area contributed by atoms with Crippen LogP contribution >= 0.6 is 24.0 Å². The van der Waals surface area contributed by atoms with Crippen LogP contribution in [0, 0.1) is 0 Å². The van der Waals surface area contributed by atoms with Crippen molar-refractivity contribution in [1.82, 2.24) is 10.2 Å². The van der Waals surface area contributed by atoms with Crippen LogP contribution in [-0.4, -0.2) is 55.4 Å². The number of carbonyl (C=O) groups excluding carboxylic acids is 1. The van der Waals surface area contributed by atoms with Crippen LogP contribution in [0.15, 0.2) is 29.3 Å². The Bertz CT molecular complexity index is 665. The Hall–Kier alpha value is -1.55. The van der Waals surface area contributed by atoms with E-state index in [1.54, 1.807) is 0 Å². The molecule has 1 heterocycles. The maximum Gasteiger partial charge on any atom is 0.408 e. The molecule has 1 saturated heterocycles. The first-order chi connectivity index (χ1) is 13.2. The van der Waals surface area contributed by atoms with Crippen LogP contribution < -0.4 is 11.1 Å². The van der Waals surface area contributed by atoms with E-state index < -0.39 is 11.7 Å². The molecule has 1 aliphatic heterocycles. The van der Waals surface area contributed by atoms with Gasteiger partial charge in [-0.2, -0.15) is 0 Å². The standard InChI is InChI=1S/C21H34N4O3.HI/c1-15(2)16-6-8-17(9-7-16)18(24-20(26)28-21(3,4)5)14-23-19(22)25-10-12-27-13-11-25;/h6-9,15,18H,10-14H2,1-5H3,(H2,22,23)(H,24,26);1H. The van der Waals surface area contributed by atoms with Crippen molar-refractivity contribution in [3.05, 3.63) is 35.4 Å². The lowest BCUT2D eigenvalue weighted by atomic mass is 9.99. The van der Waals surface area contributed by atoms with Crippen molar-refractivity contribution in [3.8, 4) is 0 Å². The molecule has 1 aromatic carbocycles. The second kappa shape index (κ2) is 11.6. The highest BCUT2D eigenvalue weighted by atomic mass is 127. The Morgan fingerprint density at radius 2 is 1.76 bits per heavy atom. The van der Waals surface area contributed by atoms with Crippen LogP contribution in [0.3, 0.4) is 0 Å². The molecule has 0 bridgehead atoms. The smallest absolute Gasteiger partial charge is 0.408 e. The zero-order valence-corrected chi connectivity index (χ0v) is 20.4. The van der Waals surface area contributed by atoms with E-state index in [2.05, 4.69) is 36.3 Å². The normalized spacial score (nSPS) is 16.2. The molecule has 2 rings (SSSR count). The summed E-state index contributed by atoms with van der Waals surface area (Å²) in [5.74, 6) is 0.916. The number of guanidine groups is 1. The predicted molar refractivity (Wildman–Crippen MR) is 127 cm³/mol. The fourth-order valence-corrected chi connectivity index (χ4v) is 2.87. The van der Waals surface area contributed by atoms with Gasteiger partial charge in [-0.25, -0.2) is 4.79 Å². The molecular formula is C21H35IN4O3. The number of morpholine rings is 1. The number of hydrogen-bond donors (Lipinski definition) is 2. The lowest BCUT2D eigenvalue weighted by molar-refractivity contribution is 0.0505. The Morgan fingerprint density at radius 1 is 1.21 bits per heavy atom. The molecule has 0 aliphatic carbocycles. The van der Waals surface area contributed by atoms with Crippen LogP contribution in [0.25, 0.3) is 0 Å². The Balaban J connectivity index is 0.00000420. The Kier molecular flexibility index (Phi) is 10.2. The molecule has 1 aromatic rings.